The maximum absolute atomic E-state index is 13.4. The van der Waals surface area contributed by atoms with E-state index in [0.29, 0.717) is 12.0 Å². The number of alkyl halides is 3. The molecule has 1 aromatic carbocycles. The molecule has 0 aromatic heterocycles. The molecule has 4 N–H and O–H groups in total. The van der Waals surface area contributed by atoms with E-state index in [4.69, 9.17) is 0 Å². The topological polar surface area (TPSA) is 116 Å². The van der Waals surface area contributed by atoms with Crippen molar-refractivity contribution < 1.29 is 32.3 Å². The lowest BCUT2D eigenvalue weighted by Gasteiger charge is -2.23. The van der Waals surface area contributed by atoms with Gasteiger partial charge in [0.25, 0.3) is 5.91 Å². The van der Waals surface area contributed by atoms with E-state index in [-0.39, 0.29) is 32.4 Å². The Morgan fingerprint density at radius 1 is 0.935 bits per heavy atom. The molecule has 46 heavy (non-hydrogen) atoms. The lowest BCUT2D eigenvalue weighted by molar-refractivity contribution is -0.170. The number of rotatable bonds is 17. The molecule has 1 aliphatic carbocycles. The number of carbonyl (C=O) groups is 4. The highest BCUT2D eigenvalue weighted by Crippen LogP contribution is 2.48. The molecule has 0 bridgehead atoms. The van der Waals surface area contributed by atoms with Gasteiger partial charge in [-0.05, 0) is 62.8 Å². The van der Waals surface area contributed by atoms with Gasteiger partial charge in [0, 0.05) is 25.1 Å². The lowest BCUT2D eigenvalue weighted by atomic mass is 10.0. The summed E-state index contributed by atoms with van der Waals surface area (Å²) in [6.45, 7) is 13.0. The zero-order valence-electron chi connectivity index (χ0n) is 26.6. The lowest BCUT2D eigenvalue weighted by Crippen LogP contribution is -2.53. The Labute approximate surface area is 268 Å². The second-order valence-electron chi connectivity index (χ2n) is 11.1. The molecule has 1 aliphatic rings. The van der Waals surface area contributed by atoms with Crippen LogP contribution in [0.2, 0.25) is 0 Å². The average Bonchev–Trinajstić information content (AvgIpc) is 3.80. The Bertz CT molecular complexity index is 1400. The summed E-state index contributed by atoms with van der Waals surface area (Å²) in [7, 11) is 0. The molecule has 0 radical (unpaired) electrons. The van der Waals surface area contributed by atoms with E-state index in [9.17, 15) is 32.3 Å². The van der Waals surface area contributed by atoms with Crippen LogP contribution in [0.4, 0.5) is 13.2 Å². The monoisotopic (exact) mass is 640 g/mol. The van der Waals surface area contributed by atoms with Crippen molar-refractivity contribution in [2.75, 3.05) is 13.1 Å². The van der Waals surface area contributed by atoms with Crippen LogP contribution >= 0.6 is 0 Å². The van der Waals surface area contributed by atoms with Crippen LogP contribution in [-0.4, -0.2) is 54.5 Å². The van der Waals surface area contributed by atoms with Gasteiger partial charge >= 0.3 is 6.18 Å². The van der Waals surface area contributed by atoms with Gasteiger partial charge in [0.1, 0.15) is 11.6 Å². The Hall–Kier alpha value is -4.67. The van der Waals surface area contributed by atoms with Crippen molar-refractivity contribution in [3.8, 4) is 0 Å². The molecule has 8 nitrogen and oxygen atoms in total. The maximum atomic E-state index is 13.4. The van der Waals surface area contributed by atoms with Crippen LogP contribution in [0, 0.1) is 0 Å². The second kappa shape index (κ2) is 17.7. The van der Waals surface area contributed by atoms with Crippen molar-refractivity contribution in [3.05, 3.63) is 102 Å². The first-order chi connectivity index (χ1) is 21.7. The summed E-state index contributed by atoms with van der Waals surface area (Å²) in [4.78, 5) is 51.2. The van der Waals surface area contributed by atoms with E-state index in [0.717, 1.165) is 22.3 Å². The Balaban J connectivity index is 2.03. The highest BCUT2D eigenvalue weighted by atomic mass is 19.4. The molecule has 1 aromatic rings. The third-order valence-corrected chi connectivity index (χ3v) is 7.17. The van der Waals surface area contributed by atoms with Gasteiger partial charge in [-0.25, -0.2) is 0 Å². The third-order valence-electron chi connectivity index (χ3n) is 7.17. The molecule has 1 atom stereocenters. The number of amides is 4. The average molecular weight is 641 g/mol. The van der Waals surface area contributed by atoms with Crippen molar-refractivity contribution in [2.24, 2.45) is 0 Å². The van der Waals surface area contributed by atoms with Crippen LogP contribution < -0.4 is 21.3 Å². The first-order valence-corrected chi connectivity index (χ1v) is 15.0. The molecule has 0 spiro atoms. The van der Waals surface area contributed by atoms with E-state index in [1.165, 1.54) is 0 Å². The Kier molecular flexibility index (Phi) is 14.5. The van der Waals surface area contributed by atoms with Gasteiger partial charge in [-0.1, -0.05) is 79.4 Å². The third kappa shape index (κ3) is 12.0. The molecular formula is C35H43F3N4O4. The van der Waals surface area contributed by atoms with Crippen molar-refractivity contribution >= 4 is 29.2 Å². The molecule has 1 saturated carbocycles. The number of allylic oxidation sites excluding steroid dienone is 8. The van der Waals surface area contributed by atoms with Crippen LogP contribution in [0.15, 0.2) is 96.7 Å². The van der Waals surface area contributed by atoms with Crippen LogP contribution in [0.25, 0.3) is 5.57 Å². The molecule has 0 saturated heterocycles. The van der Waals surface area contributed by atoms with Crippen molar-refractivity contribution in [1.29, 1.82) is 0 Å². The fourth-order valence-electron chi connectivity index (χ4n) is 4.29. The quantitative estimate of drug-likeness (QED) is 0.104. The van der Waals surface area contributed by atoms with E-state index in [2.05, 4.69) is 29.1 Å². The van der Waals surface area contributed by atoms with Gasteiger partial charge in [-0.2, -0.15) is 13.2 Å². The standard InChI is InChI=1S/C35H43F3N4O4/c1-6-25(15-14-24(4)5)16-17-30(43)41-29(23-31(44)42-34(18-19-34)35(36,37)38)33(46)40-21-20-39-32(45)27(8-3)22-26(7-2)28-12-10-9-11-13-28/h6-15,22,29H,1-2,16-21,23H2,3-5H3,(H,39,45)(H,40,46)(H,41,43)(H,42,44)/b25-15+,26-22+,27-8+. The van der Waals surface area contributed by atoms with Gasteiger partial charge < -0.3 is 21.3 Å². The molecule has 1 unspecified atom stereocenters. The first kappa shape index (κ1) is 37.5. The maximum Gasteiger partial charge on any atom is 0.411 e. The van der Waals surface area contributed by atoms with E-state index >= 15 is 0 Å². The van der Waals surface area contributed by atoms with Crippen LogP contribution in [0.1, 0.15) is 58.4 Å². The molecule has 11 heteroatoms. The largest absolute Gasteiger partial charge is 0.411 e. The highest BCUT2D eigenvalue weighted by molar-refractivity contribution is 5.99. The summed E-state index contributed by atoms with van der Waals surface area (Å²) >= 11 is 0. The highest BCUT2D eigenvalue weighted by Gasteiger charge is 2.64. The molecule has 4 amide bonds. The fraction of sp³-hybridized carbons (Fsp3) is 0.371. The predicted molar refractivity (Wildman–Crippen MR) is 174 cm³/mol. The van der Waals surface area contributed by atoms with Gasteiger partial charge in [0.05, 0.1) is 6.42 Å². The minimum atomic E-state index is -4.63. The first-order valence-electron chi connectivity index (χ1n) is 15.0. The SMILES string of the molecule is C=C/C(=C\C=C(C)C)CCC(=O)NC(CC(=O)NC1(C(F)(F)F)CC1)C(=O)NCCNC(=O)C(=C/C)/C=C(\C=C)c1ccccc1. The van der Waals surface area contributed by atoms with E-state index in [1.807, 2.05) is 61.6 Å². The number of hydrogen-bond acceptors (Lipinski definition) is 4. The summed E-state index contributed by atoms with van der Waals surface area (Å²) in [5.41, 5.74) is 1.48. The number of nitrogens with one attached hydrogen (secondary N) is 4. The Morgan fingerprint density at radius 2 is 1.59 bits per heavy atom. The summed E-state index contributed by atoms with van der Waals surface area (Å²) in [5, 5.41) is 9.70. The Morgan fingerprint density at radius 3 is 2.13 bits per heavy atom. The molecule has 0 heterocycles. The van der Waals surface area contributed by atoms with Crippen molar-refractivity contribution in [3.63, 3.8) is 0 Å². The number of carbonyl (C=O) groups excluding carboxylic acids is 4. The number of benzene rings is 1. The van der Waals surface area contributed by atoms with E-state index < -0.39 is 47.8 Å². The normalized spacial score (nSPS) is 15.1. The second-order valence-corrected chi connectivity index (χ2v) is 11.1. The number of halogens is 3. The minimum absolute atomic E-state index is 0.00636. The minimum Gasteiger partial charge on any atom is -0.353 e. The van der Waals surface area contributed by atoms with Gasteiger partial charge in [-0.15, -0.1) is 0 Å². The van der Waals surface area contributed by atoms with Gasteiger partial charge in [0.15, 0.2) is 0 Å². The summed E-state index contributed by atoms with van der Waals surface area (Å²) < 4.78 is 40.2. The molecule has 2 rings (SSSR count). The molecular weight excluding hydrogens is 597 g/mol. The van der Waals surface area contributed by atoms with Crippen LogP contribution in [0.5, 0.6) is 0 Å². The smallest absolute Gasteiger partial charge is 0.353 e. The van der Waals surface area contributed by atoms with Crippen molar-refractivity contribution in [1.82, 2.24) is 21.3 Å². The predicted octanol–water partition coefficient (Wildman–Crippen LogP) is 5.38. The fourth-order valence-corrected chi connectivity index (χ4v) is 4.29. The summed E-state index contributed by atoms with van der Waals surface area (Å²) in [5.74, 6) is -2.76. The summed E-state index contributed by atoms with van der Waals surface area (Å²) in [6, 6.07) is 7.95. The zero-order chi connectivity index (χ0) is 34.3. The zero-order valence-corrected chi connectivity index (χ0v) is 26.6. The molecule has 0 aliphatic heterocycles. The van der Waals surface area contributed by atoms with Gasteiger partial charge in [0.2, 0.25) is 17.7 Å². The van der Waals surface area contributed by atoms with Crippen LogP contribution in [0.3, 0.4) is 0 Å². The number of hydrogen-bond donors (Lipinski definition) is 4. The van der Waals surface area contributed by atoms with Crippen molar-refractivity contribution in [2.45, 2.75) is 70.6 Å². The summed E-state index contributed by atoms with van der Waals surface area (Å²) in [6.07, 6.45) is 4.63. The van der Waals surface area contributed by atoms with Crippen LogP contribution in [-0.2, 0) is 19.2 Å². The van der Waals surface area contributed by atoms with Gasteiger partial charge in [-0.3, -0.25) is 19.2 Å². The molecule has 1 fully saturated rings. The van der Waals surface area contributed by atoms with E-state index in [1.54, 1.807) is 31.2 Å². The molecule has 248 valence electrons.